The summed E-state index contributed by atoms with van der Waals surface area (Å²) >= 11 is 0. The molecule has 3 aromatic rings. The molecule has 1 aliphatic rings. The maximum atomic E-state index is 14.7. The molecule has 0 saturated carbocycles. The highest BCUT2D eigenvalue weighted by atomic mass is 19.1. The number of nitrogens with two attached hydrogens (primary N) is 1. The minimum atomic E-state index is -0.991. The van der Waals surface area contributed by atoms with E-state index in [-0.39, 0.29) is 23.6 Å². The van der Waals surface area contributed by atoms with Crippen molar-refractivity contribution in [3.63, 3.8) is 0 Å². The Morgan fingerprint density at radius 2 is 2.03 bits per heavy atom. The summed E-state index contributed by atoms with van der Waals surface area (Å²) in [6.07, 6.45) is 6.39. The molecule has 0 spiro atoms. The van der Waals surface area contributed by atoms with Gasteiger partial charge >= 0.3 is 0 Å². The lowest BCUT2D eigenvalue weighted by molar-refractivity contribution is 0.0912. The Hall–Kier alpha value is -3.86. The van der Waals surface area contributed by atoms with Gasteiger partial charge in [0.05, 0.1) is 22.5 Å². The molecule has 1 saturated heterocycles. The molecule has 0 aliphatic carbocycles. The fourth-order valence-corrected chi connectivity index (χ4v) is 5.06. The number of benzene rings is 1. The lowest BCUT2D eigenvalue weighted by Crippen LogP contribution is -2.42. The van der Waals surface area contributed by atoms with Gasteiger partial charge in [-0.3, -0.25) is 4.79 Å². The van der Waals surface area contributed by atoms with Gasteiger partial charge in [-0.1, -0.05) is 44.0 Å². The second-order valence-electron chi connectivity index (χ2n) is 10.5. The number of hydrogen-bond acceptors (Lipinski definition) is 5. The molecule has 0 unspecified atom stereocenters. The van der Waals surface area contributed by atoms with Crippen LogP contribution in [0.15, 0.2) is 42.9 Å². The van der Waals surface area contributed by atoms with Crippen LogP contribution in [0.2, 0.25) is 0 Å². The van der Waals surface area contributed by atoms with E-state index < -0.39 is 11.4 Å². The van der Waals surface area contributed by atoms with Gasteiger partial charge in [-0.25, -0.2) is 14.4 Å². The number of carbonyl (C=O) groups excluding carboxylic acids is 1. The molecule has 3 N–H and O–H groups in total. The SMILES string of the molecule is CC=CN1C[C@H](n2c(C#CC(C)C)c(C(=O)NC(C)(C)c3ccccc3F)c3c(N)ncnc32)C[C@@H]1C. The number of hydrogen-bond donors (Lipinski definition) is 2. The Labute approximate surface area is 218 Å². The third-order valence-corrected chi connectivity index (χ3v) is 6.80. The fraction of sp³-hybridized carbons (Fsp3) is 0.414. The van der Waals surface area contributed by atoms with Crippen LogP contribution in [0.1, 0.15) is 75.6 Å². The number of likely N-dealkylation sites (tertiary alicyclic amines) is 1. The molecule has 0 bridgehead atoms. The molecule has 1 aromatic carbocycles. The summed E-state index contributed by atoms with van der Waals surface area (Å²) in [5.74, 6) is 6.01. The van der Waals surface area contributed by atoms with Gasteiger partial charge in [-0.15, -0.1) is 0 Å². The number of nitrogens with zero attached hydrogens (tertiary/aromatic N) is 4. The predicted octanol–water partition coefficient (Wildman–Crippen LogP) is 4.99. The first kappa shape index (κ1) is 26.2. The number of fused-ring (bicyclic) bond motifs is 1. The van der Waals surface area contributed by atoms with Gasteiger partial charge in [-0.2, -0.15) is 0 Å². The van der Waals surface area contributed by atoms with Crippen molar-refractivity contribution in [3.05, 3.63) is 65.5 Å². The van der Waals surface area contributed by atoms with Crippen LogP contribution in [0.25, 0.3) is 11.0 Å². The monoisotopic (exact) mass is 502 g/mol. The summed E-state index contributed by atoms with van der Waals surface area (Å²) in [5, 5.41) is 3.49. The Morgan fingerprint density at radius 1 is 1.30 bits per heavy atom. The Kier molecular flexibility index (Phi) is 7.26. The first-order valence-corrected chi connectivity index (χ1v) is 12.7. The second kappa shape index (κ2) is 10.3. The van der Waals surface area contributed by atoms with Crippen LogP contribution in [-0.4, -0.2) is 37.9 Å². The number of nitrogen functional groups attached to an aromatic ring is 1. The van der Waals surface area contributed by atoms with Crippen LogP contribution in [0, 0.1) is 23.6 Å². The third kappa shape index (κ3) is 5.04. The topological polar surface area (TPSA) is 89.1 Å². The van der Waals surface area contributed by atoms with Crippen molar-refractivity contribution in [1.29, 1.82) is 0 Å². The van der Waals surface area contributed by atoms with Crippen molar-refractivity contribution in [2.45, 2.75) is 65.6 Å². The molecule has 3 heterocycles. The van der Waals surface area contributed by atoms with Crippen LogP contribution in [0.5, 0.6) is 0 Å². The zero-order valence-electron chi connectivity index (χ0n) is 22.3. The molecule has 1 aliphatic heterocycles. The van der Waals surface area contributed by atoms with Crippen molar-refractivity contribution in [3.8, 4) is 11.8 Å². The summed E-state index contributed by atoms with van der Waals surface area (Å²) < 4.78 is 16.7. The summed E-state index contributed by atoms with van der Waals surface area (Å²) in [7, 11) is 0. The van der Waals surface area contributed by atoms with Crippen LogP contribution >= 0.6 is 0 Å². The Balaban J connectivity index is 1.91. The van der Waals surface area contributed by atoms with E-state index in [0.717, 1.165) is 13.0 Å². The van der Waals surface area contributed by atoms with Crippen LogP contribution in [0.4, 0.5) is 10.2 Å². The number of nitrogens with one attached hydrogen (secondary N) is 1. The van der Waals surface area contributed by atoms with Gasteiger partial charge in [0.25, 0.3) is 5.91 Å². The summed E-state index contributed by atoms with van der Waals surface area (Å²) in [4.78, 5) is 25.0. The van der Waals surface area contributed by atoms with Crippen molar-refractivity contribution >= 4 is 22.8 Å². The van der Waals surface area contributed by atoms with E-state index in [1.54, 1.807) is 32.0 Å². The molecule has 37 heavy (non-hydrogen) atoms. The van der Waals surface area contributed by atoms with E-state index in [1.165, 1.54) is 12.4 Å². The maximum absolute atomic E-state index is 14.7. The molecule has 1 amide bonds. The summed E-state index contributed by atoms with van der Waals surface area (Å²) in [5.41, 5.74) is 7.21. The second-order valence-corrected chi connectivity index (χ2v) is 10.5. The van der Waals surface area contributed by atoms with Gasteiger partial charge in [0, 0.05) is 24.1 Å². The highest BCUT2D eigenvalue weighted by Crippen LogP contribution is 2.37. The maximum Gasteiger partial charge on any atom is 0.255 e. The Morgan fingerprint density at radius 3 is 2.70 bits per heavy atom. The van der Waals surface area contributed by atoms with Crippen molar-refractivity contribution in [2.75, 3.05) is 12.3 Å². The van der Waals surface area contributed by atoms with Crippen molar-refractivity contribution in [1.82, 2.24) is 24.8 Å². The molecule has 194 valence electrons. The number of allylic oxidation sites excluding steroid dienone is 1. The average Bonchev–Trinajstić information content (AvgIpc) is 3.35. The van der Waals surface area contributed by atoms with Crippen molar-refractivity contribution in [2.24, 2.45) is 5.92 Å². The number of amides is 1. The van der Waals surface area contributed by atoms with E-state index in [9.17, 15) is 9.18 Å². The molecule has 1 fully saturated rings. The highest BCUT2D eigenvalue weighted by molar-refractivity contribution is 6.12. The van der Waals surface area contributed by atoms with Crippen molar-refractivity contribution < 1.29 is 9.18 Å². The lowest BCUT2D eigenvalue weighted by Gasteiger charge is -2.27. The van der Waals surface area contributed by atoms with Gasteiger partial charge in [0.2, 0.25) is 0 Å². The number of carbonyl (C=O) groups is 1. The number of anilines is 1. The normalized spacial score (nSPS) is 18.0. The fourth-order valence-electron chi connectivity index (χ4n) is 5.06. The van der Waals surface area contributed by atoms with E-state index in [0.29, 0.717) is 33.9 Å². The number of aromatic nitrogens is 3. The predicted molar refractivity (Wildman–Crippen MR) is 145 cm³/mol. The van der Waals surface area contributed by atoms with Gasteiger partial charge in [-0.05, 0) is 52.3 Å². The van der Waals surface area contributed by atoms with E-state index in [4.69, 9.17) is 5.73 Å². The van der Waals surface area contributed by atoms with Gasteiger partial charge < -0.3 is 20.5 Å². The molecule has 8 heteroatoms. The van der Waals surface area contributed by atoms with Crippen LogP contribution < -0.4 is 11.1 Å². The quantitative estimate of drug-likeness (QED) is 0.480. The zero-order chi connectivity index (χ0) is 26.9. The molecule has 0 radical (unpaired) electrons. The van der Waals surface area contributed by atoms with E-state index >= 15 is 0 Å². The van der Waals surface area contributed by atoms with Crippen LogP contribution in [0.3, 0.4) is 0 Å². The minimum Gasteiger partial charge on any atom is -0.383 e. The zero-order valence-corrected chi connectivity index (χ0v) is 22.3. The summed E-state index contributed by atoms with van der Waals surface area (Å²) in [6, 6.07) is 6.77. The van der Waals surface area contributed by atoms with Gasteiger partial charge in [0.15, 0.2) is 0 Å². The largest absolute Gasteiger partial charge is 0.383 e. The first-order chi connectivity index (χ1) is 17.5. The molecular formula is C29H35FN6O. The lowest BCUT2D eigenvalue weighted by atomic mass is 9.93. The minimum absolute atomic E-state index is 0.0283. The van der Waals surface area contributed by atoms with E-state index in [1.807, 2.05) is 31.4 Å². The number of halogens is 1. The third-order valence-electron chi connectivity index (χ3n) is 6.80. The first-order valence-electron chi connectivity index (χ1n) is 12.7. The molecular weight excluding hydrogens is 467 g/mol. The standard InChI is InChI=1S/C29H35FN6O/c1-7-14-35-16-20(15-19(35)4)36-23(13-12-18(2)3)24(25-26(31)32-17-33-27(25)36)28(37)34-29(5,6)21-10-8-9-11-22(21)30/h7-11,14,17-20H,15-16H2,1-6H3,(H,34,37)(H2,31,32,33)/t19-,20+/m0/s1. The smallest absolute Gasteiger partial charge is 0.255 e. The molecule has 7 nitrogen and oxygen atoms in total. The Bertz CT molecular complexity index is 1410. The summed E-state index contributed by atoms with van der Waals surface area (Å²) in [6.45, 7) is 12.5. The van der Waals surface area contributed by atoms with Crippen LogP contribution in [-0.2, 0) is 5.54 Å². The molecule has 2 aromatic heterocycles. The van der Waals surface area contributed by atoms with E-state index in [2.05, 4.69) is 45.1 Å². The average molecular weight is 503 g/mol. The highest BCUT2D eigenvalue weighted by Gasteiger charge is 2.36. The molecule has 4 rings (SSSR count). The van der Waals surface area contributed by atoms with Gasteiger partial charge in [0.1, 0.15) is 29.3 Å². The number of rotatable bonds is 5. The molecule has 2 atom stereocenters.